The van der Waals surface area contributed by atoms with E-state index >= 15 is 0 Å². The highest BCUT2D eigenvalue weighted by Crippen LogP contribution is 2.26. The third-order valence-corrected chi connectivity index (χ3v) is 3.51. The van der Waals surface area contributed by atoms with E-state index in [-0.39, 0.29) is 0 Å². The van der Waals surface area contributed by atoms with Crippen molar-refractivity contribution in [3.8, 4) is 17.2 Å². The molecule has 0 atom stereocenters. The van der Waals surface area contributed by atoms with Crippen LogP contribution in [0.2, 0.25) is 0 Å². The summed E-state index contributed by atoms with van der Waals surface area (Å²) in [5, 5.41) is 0. The Hall–Kier alpha value is -1.87. The molecule has 4 heteroatoms. The molecule has 0 aliphatic heterocycles. The van der Waals surface area contributed by atoms with E-state index < -0.39 is 0 Å². The molecule has 0 aromatic heterocycles. The summed E-state index contributed by atoms with van der Waals surface area (Å²) in [4.78, 5) is 0. The first-order chi connectivity index (χ1) is 10.3. The normalized spacial score (nSPS) is 10.2. The van der Waals surface area contributed by atoms with Gasteiger partial charge in [-0.05, 0) is 23.8 Å². The maximum absolute atomic E-state index is 5.92. The van der Waals surface area contributed by atoms with Crippen LogP contribution in [-0.2, 0) is 12.3 Å². The first-order valence-electron chi connectivity index (χ1n) is 6.75. The molecule has 0 N–H and O–H groups in total. The van der Waals surface area contributed by atoms with Crippen LogP contribution in [0.4, 0.5) is 0 Å². The summed E-state index contributed by atoms with van der Waals surface area (Å²) in [5.41, 5.74) is 2.17. The van der Waals surface area contributed by atoms with Crippen LogP contribution in [0.15, 0.2) is 42.5 Å². The second kappa shape index (κ2) is 7.79. The lowest BCUT2D eigenvalue weighted by Crippen LogP contribution is -2.03. The molecular weight excluding hydrogens is 288 g/mol. The first kappa shape index (κ1) is 15.5. The summed E-state index contributed by atoms with van der Waals surface area (Å²) in [5.74, 6) is 2.82. The predicted octanol–water partition coefficient (Wildman–Crippen LogP) is 4.06. The summed E-state index contributed by atoms with van der Waals surface area (Å²) in [7, 11) is 3.30. The van der Waals surface area contributed by atoms with Gasteiger partial charge in [0.15, 0.2) is 0 Å². The van der Waals surface area contributed by atoms with E-state index in [1.807, 2.05) is 42.5 Å². The maximum atomic E-state index is 5.92. The van der Waals surface area contributed by atoms with Crippen molar-refractivity contribution in [3.63, 3.8) is 0 Å². The second-order valence-corrected chi connectivity index (χ2v) is 4.82. The predicted molar refractivity (Wildman–Crippen MR) is 84.7 cm³/mol. The van der Waals surface area contributed by atoms with Crippen LogP contribution in [0.1, 0.15) is 11.1 Å². The van der Waals surface area contributed by atoms with Crippen LogP contribution >= 0.6 is 11.6 Å². The Morgan fingerprint density at radius 2 is 1.57 bits per heavy atom. The van der Waals surface area contributed by atoms with Crippen molar-refractivity contribution in [3.05, 3.63) is 53.6 Å². The molecule has 2 aromatic rings. The summed E-state index contributed by atoms with van der Waals surface area (Å²) in [6, 6.07) is 13.6. The molecule has 0 spiro atoms. The molecule has 0 heterocycles. The number of halogens is 1. The van der Waals surface area contributed by atoms with Crippen molar-refractivity contribution < 1.29 is 14.2 Å². The number of hydrogen-bond donors (Lipinski definition) is 0. The van der Waals surface area contributed by atoms with Gasteiger partial charge in [0.25, 0.3) is 0 Å². The van der Waals surface area contributed by atoms with Gasteiger partial charge < -0.3 is 14.2 Å². The standard InChI is InChI=1S/C17H19ClO3/c1-19-15-6-3-13(4-7-15)9-10-21-17-11-16(20-2)8-5-14(17)12-18/h3-8,11H,9-10,12H2,1-2H3. The van der Waals surface area contributed by atoms with Crippen LogP contribution in [0.3, 0.4) is 0 Å². The summed E-state index contributed by atoms with van der Waals surface area (Å²) in [6.07, 6.45) is 0.822. The molecule has 0 amide bonds. The molecule has 112 valence electrons. The lowest BCUT2D eigenvalue weighted by Gasteiger charge is -2.12. The average Bonchev–Trinajstić information content (AvgIpc) is 2.55. The Balaban J connectivity index is 1.95. The Morgan fingerprint density at radius 1 is 0.905 bits per heavy atom. The van der Waals surface area contributed by atoms with Crippen molar-refractivity contribution in [2.45, 2.75) is 12.3 Å². The van der Waals surface area contributed by atoms with Gasteiger partial charge in [-0.1, -0.05) is 18.2 Å². The van der Waals surface area contributed by atoms with Gasteiger partial charge >= 0.3 is 0 Å². The fourth-order valence-electron chi connectivity index (χ4n) is 1.98. The molecule has 0 fully saturated rings. The van der Waals surface area contributed by atoms with E-state index in [0.717, 1.165) is 29.2 Å². The molecule has 0 aliphatic rings. The fourth-order valence-corrected chi connectivity index (χ4v) is 2.20. The van der Waals surface area contributed by atoms with E-state index in [2.05, 4.69) is 0 Å². The molecule has 2 rings (SSSR count). The lowest BCUT2D eigenvalue weighted by atomic mass is 10.1. The van der Waals surface area contributed by atoms with Crippen LogP contribution < -0.4 is 14.2 Å². The fraction of sp³-hybridized carbons (Fsp3) is 0.294. The van der Waals surface area contributed by atoms with Crippen LogP contribution in [-0.4, -0.2) is 20.8 Å². The number of ether oxygens (including phenoxy) is 3. The maximum Gasteiger partial charge on any atom is 0.127 e. The van der Waals surface area contributed by atoms with Gasteiger partial charge in [0, 0.05) is 18.1 Å². The minimum absolute atomic E-state index is 0.419. The van der Waals surface area contributed by atoms with Crippen molar-refractivity contribution in [1.82, 2.24) is 0 Å². The highest BCUT2D eigenvalue weighted by molar-refractivity contribution is 6.17. The monoisotopic (exact) mass is 306 g/mol. The zero-order valence-electron chi connectivity index (χ0n) is 12.3. The van der Waals surface area contributed by atoms with E-state index in [1.165, 1.54) is 5.56 Å². The molecule has 2 aromatic carbocycles. The number of methoxy groups -OCH3 is 2. The highest BCUT2D eigenvalue weighted by Gasteiger charge is 2.05. The quantitative estimate of drug-likeness (QED) is 0.722. The molecule has 0 radical (unpaired) electrons. The van der Waals surface area contributed by atoms with Crippen molar-refractivity contribution >= 4 is 11.6 Å². The molecule has 21 heavy (non-hydrogen) atoms. The third-order valence-electron chi connectivity index (χ3n) is 3.23. The van der Waals surface area contributed by atoms with E-state index in [1.54, 1.807) is 14.2 Å². The molecule has 0 aliphatic carbocycles. The van der Waals surface area contributed by atoms with Crippen molar-refractivity contribution in [1.29, 1.82) is 0 Å². The third kappa shape index (κ3) is 4.30. The van der Waals surface area contributed by atoms with Crippen LogP contribution in [0.5, 0.6) is 17.2 Å². The van der Waals surface area contributed by atoms with Gasteiger partial charge in [-0.15, -0.1) is 11.6 Å². The minimum Gasteiger partial charge on any atom is -0.497 e. The van der Waals surface area contributed by atoms with E-state index in [4.69, 9.17) is 25.8 Å². The number of rotatable bonds is 7. The van der Waals surface area contributed by atoms with Gasteiger partial charge in [0.05, 0.1) is 26.7 Å². The van der Waals surface area contributed by atoms with Crippen LogP contribution in [0.25, 0.3) is 0 Å². The number of alkyl halides is 1. The van der Waals surface area contributed by atoms with Gasteiger partial charge in [-0.3, -0.25) is 0 Å². The highest BCUT2D eigenvalue weighted by atomic mass is 35.5. The molecule has 0 saturated carbocycles. The van der Waals surface area contributed by atoms with Gasteiger partial charge in [-0.2, -0.15) is 0 Å². The zero-order chi connectivity index (χ0) is 15.1. The molecular formula is C17H19ClO3. The summed E-state index contributed by atoms with van der Waals surface area (Å²) >= 11 is 5.92. The molecule has 0 unspecified atom stereocenters. The minimum atomic E-state index is 0.419. The van der Waals surface area contributed by atoms with Gasteiger partial charge in [-0.25, -0.2) is 0 Å². The summed E-state index contributed by atoms with van der Waals surface area (Å²) < 4.78 is 16.2. The molecule has 0 bridgehead atoms. The largest absolute Gasteiger partial charge is 0.497 e. The van der Waals surface area contributed by atoms with Crippen molar-refractivity contribution in [2.24, 2.45) is 0 Å². The topological polar surface area (TPSA) is 27.7 Å². The Morgan fingerprint density at radius 3 is 2.19 bits per heavy atom. The van der Waals surface area contributed by atoms with Crippen LogP contribution in [0, 0.1) is 0 Å². The Bertz CT molecular complexity index is 567. The van der Waals surface area contributed by atoms with Gasteiger partial charge in [0.2, 0.25) is 0 Å². The van der Waals surface area contributed by atoms with Crippen molar-refractivity contribution in [2.75, 3.05) is 20.8 Å². The van der Waals surface area contributed by atoms with E-state index in [9.17, 15) is 0 Å². The lowest BCUT2D eigenvalue weighted by molar-refractivity contribution is 0.316. The number of hydrogen-bond acceptors (Lipinski definition) is 3. The SMILES string of the molecule is COc1ccc(CCOc2cc(OC)ccc2CCl)cc1. The smallest absolute Gasteiger partial charge is 0.127 e. The number of benzene rings is 2. The zero-order valence-corrected chi connectivity index (χ0v) is 13.0. The van der Waals surface area contributed by atoms with E-state index in [0.29, 0.717) is 12.5 Å². The molecule has 0 saturated heterocycles. The summed E-state index contributed by atoms with van der Waals surface area (Å²) in [6.45, 7) is 0.587. The molecule has 3 nitrogen and oxygen atoms in total. The van der Waals surface area contributed by atoms with Gasteiger partial charge in [0.1, 0.15) is 17.2 Å². The average molecular weight is 307 g/mol. The Labute approximate surface area is 130 Å². The Kier molecular flexibility index (Phi) is 5.76. The first-order valence-corrected chi connectivity index (χ1v) is 7.29. The second-order valence-electron chi connectivity index (χ2n) is 4.55.